The smallest absolute Gasteiger partial charge is 0.264 e. The van der Waals surface area contributed by atoms with E-state index in [4.69, 9.17) is 51.1 Å². The van der Waals surface area contributed by atoms with E-state index in [-0.39, 0.29) is 11.1 Å². The molecule has 0 radical (unpaired) electrons. The Bertz CT molecular complexity index is 1010. The molecular weight excluding hydrogens is 476 g/mol. The molecule has 0 saturated heterocycles. The van der Waals surface area contributed by atoms with Crippen LogP contribution in [0.5, 0.6) is 0 Å². The molecule has 5 nitrogen and oxygen atoms in total. The number of pyridine rings is 1. The first-order valence-electron chi connectivity index (χ1n) is 8.36. The van der Waals surface area contributed by atoms with Crippen LogP contribution in [-0.2, 0) is 4.74 Å². The van der Waals surface area contributed by atoms with Gasteiger partial charge in [0, 0.05) is 45.7 Å². The molecule has 3 aromatic rings. The Labute approximate surface area is 191 Å². The second kappa shape index (κ2) is 9.60. The molecule has 0 bridgehead atoms. The number of carbonyl (C=O) groups is 1. The number of thiazole rings is 1. The number of hydrogen-bond donors (Lipinski definition) is 1. The largest absolute Gasteiger partial charge is 0.375 e. The van der Waals surface area contributed by atoms with Gasteiger partial charge in [-0.05, 0) is 31.2 Å². The lowest BCUT2D eigenvalue weighted by Gasteiger charge is -2.25. The molecule has 0 aliphatic rings. The highest BCUT2D eigenvalue weighted by Gasteiger charge is 2.27. The fourth-order valence-electron chi connectivity index (χ4n) is 2.80. The van der Waals surface area contributed by atoms with Gasteiger partial charge < -0.3 is 10.1 Å². The molecule has 29 heavy (non-hydrogen) atoms. The number of nitrogens with zero attached hydrogens (tertiary/aromatic N) is 2. The SMILES string of the molecule is COC(c1c(Cl)cc(Cl)cc1Cl)C(C)NC(=O)c1sc(-c2cccnc2)nc1Cl. The molecule has 1 N–H and O–H groups in total. The number of aromatic nitrogens is 2. The lowest BCUT2D eigenvalue weighted by Crippen LogP contribution is -2.37. The number of amides is 1. The molecule has 0 aliphatic carbocycles. The molecule has 0 aliphatic heterocycles. The fraction of sp³-hybridized carbons (Fsp3) is 0.211. The van der Waals surface area contributed by atoms with Crippen molar-refractivity contribution in [3.05, 3.63) is 67.3 Å². The van der Waals surface area contributed by atoms with Gasteiger partial charge in [-0.1, -0.05) is 46.4 Å². The van der Waals surface area contributed by atoms with Gasteiger partial charge in [0.15, 0.2) is 5.15 Å². The highest BCUT2D eigenvalue weighted by Crippen LogP contribution is 2.37. The predicted molar refractivity (Wildman–Crippen MR) is 119 cm³/mol. The van der Waals surface area contributed by atoms with E-state index in [1.54, 1.807) is 37.5 Å². The van der Waals surface area contributed by atoms with E-state index in [1.165, 1.54) is 18.4 Å². The summed E-state index contributed by atoms with van der Waals surface area (Å²) in [5.41, 5.74) is 1.32. The number of carbonyl (C=O) groups excluding carboxylic acids is 1. The average Bonchev–Trinajstić information content (AvgIpc) is 3.07. The van der Waals surface area contributed by atoms with Crippen LogP contribution in [0, 0.1) is 0 Å². The van der Waals surface area contributed by atoms with Crippen LogP contribution in [0.2, 0.25) is 20.2 Å². The zero-order valence-corrected chi connectivity index (χ0v) is 19.1. The van der Waals surface area contributed by atoms with Gasteiger partial charge in [-0.2, -0.15) is 0 Å². The number of nitrogens with one attached hydrogen (secondary N) is 1. The Morgan fingerprint density at radius 3 is 2.48 bits per heavy atom. The minimum absolute atomic E-state index is 0.120. The van der Waals surface area contributed by atoms with Crippen molar-refractivity contribution in [2.75, 3.05) is 7.11 Å². The maximum Gasteiger partial charge on any atom is 0.264 e. The van der Waals surface area contributed by atoms with Crippen molar-refractivity contribution in [1.82, 2.24) is 15.3 Å². The summed E-state index contributed by atoms with van der Waals surface area (Å²) in [5, 5.41) is 4.72. The van der Waals surface area contributed by atoms with E-state index < -0.39 is 12.1 Å². The van der Waals surface area contributed by atoms with Crippen molar-refractivity contribution < 1.29 is 9.53 Å². The van der Waals surface area contributed by atoms with E-state index in [1.807, 2.05) is 6.07 Å². The summed E-state index contributed by atoms with van der Waals surface area (Å²) in [5.74, 6) is -0.376. The van der Waals surface area contributed by atoms with Gasteiger partial charge in [-0.3, -0.25) is 9.78 Å². The molecule has 10 heteroatoms. The number of methoxy groups -OCH3 is 1. The normalized spacial score (nSPS) is 13.2. The van der Waals surface area contributed by atoms with E-state index in [2.05, 4.69) is 15.3 Å². The Hall–Kier alpha value is -1.41. The lowest BCUT2D eigenvalue weighted by molar-refractivity contribution is 0.0647. The molecule has 2 aromatic heterocycles. The van der Waals surface area contributed by atoms with Gasteiger partial charge in [0.2, 0.25) is 0 Å². The van der Waals surface area contributed by atoms with Crippen LogP contribution in [-0.4, -0.2) is 29.0 Å². The minimum atomic E-state index is -0.597. The van der Waals surface area contributed by atoms with Crippen LogP contribution in [0.1, 0.15) is 28.3 Å². The second-order valence-corrected chi connectivity index (χ2v) is 8.69. The molecule has 1 amide bonds. The van der Waals surface area contributed by atoms with Crippen LogP contribution in [0.4, 0.5) is 0 Å². The van der Waals surface area contributed by atoms with Crippen molar-refractivity contribution in [2.45, 2.75) is 19.1 Å². The summed E-state index contributed by atoms with van der Waals surface area (Å²) in [6.07, 6.45) is 2.72. The predicted octanol–water partition coefficient (Wildman–Crippen LogP) is 6.32. The van der Waals surface area contributed by atoms with Crippen LogP contribution in [0.15, 0.2) is 36.7 Å². The highest BCUT2D eigenvalue weighted by atomic mass is 35.5. The Balaban J connectivity index is 1.82. The van der Waals surface area contributed by atoms with Crippen molar-refractivity contribution in [2.24, 2.45) is 0 Å². The second-order valence-electron chi connectivity index (χ2n) is 6.08. The third kappa shape index (κ3) is 5.02. The van der Waals surface area contributed by atoms with E-state index >= 15 is 0 Å². The number of hydrogen-bond acceptors (Lipinski definition) is 5. The van der Waals surface area contributed by atoms with Gasteiger partial charge in [-0.25, -0.2) is 4.98 Å². The first-order chi connectivity index (χ1) is 13.8. The molecular formula is C19H15Cl4N3O2S. The molecule has 2 atom stereocenters. The Kier molecular flexibility index (Phi) is 7.37. The van der Waals surface area contributed by atoms with Gasteiger partial charge >= 0.3 is 0 Å². The van der Waals surface area contributed by atoms with Crippen molar-refractivity contribution >= 4 is 63.6 Å². The number of benzene rings is 1. The number of halogens is 4. The molecule has 152 valence electrons. The summed E-state index contributed by atoms with van der Waals surface area (Å²) >= 11 is 26.0. The molecule has 2 heterocycles. The van der Waals surface area contributed by atoms with Gasteiger partial charge in [-0.15, -0.1) is 11.3 Å². The monoisotopic (exact) mass is 489 g/mol. The van der Waals surface area contributed by atoms with E-state index in [0.717, 1.165) is 5.56 Å². The zero-order valence-electron chi connectivity index (χ0n) is 15.2. The third-order valence-corrected chi connectivity index (χ3v) is 6.43. The van der Waals surface area contributed by atoms with Crippen molar-refractivity contribution in [3.63, 3.8) is 0 Å². The Morgan fingerprint density at radius 2 is 1.90 bits per heavy atom. The fourth-order valence-corrected chi connectivity index (χ4v) is 5.02. The molecule has 0 fully saturated rings. The minimum Gasteiger partial charge on any atom is -0.375 e. The molecule has 2 unspecified atom stereocenters. The highest BCUT2D eigenvalue weighted by molar-refractivity contribution is 7.17. The van der Waals surface area contributed by atoms with Gasteiger partial charge in [0.05, 0.1) is 6.04 Å². The molecule has 0 saturated carbocycles. The summed E-state index contributed by atoms with van der Waals surface area (Å²) in [6, 6.07) is 6.31. The summed E-state index contributed by atoms with van der Waals surface area (Å²) in [7, 11) is 1.51. The topological polar surface area (TPSA) is 64.1 Å². The maximum atomic E-state index is 12.8. The maximum absolute atomic E-state index is 12.8. The van der Waals surface area contributed by atoms with E-state index in [9.17, 15) is 4.79 Å². The van der Waals surface area contributed by atoms with Crippen LogP contribution in [0.25, 0.3) is 10.6 Å². The molecule has 3 rings (SSSR count). The van der Waals surface area contributed by atoms with Crippen LogP contribution < -0.4 is 5.32 Å². The standard InChI is InChI=1S/C19H15Cl4N3O2S/c1-9(15(28-2)14-12(21)6-11(20)7-13(14)22)25-18(27)16-17(23)26-19(29-16)10-4-3-5-24-8-10/h3-9,15H,1-2H3,(H,25,27). The van der Waals surface area contributed by atoms with Gasteiger partial charge in [0.1, 0.15) is 16.0 Å². The molecule has 1 aromatic carbocycles. The van der Waals surface area contributed by atoms with Gasteiger partial charge in [0.25, 0.3) is 5.91 Å². The quantitative estimate of drug-likeness (QED) is 0.438. The number of ether oxygens (including phenoxy) is 1. The summed E-state index contributed by atoms with van der Waals surface area (Å²) in [6.45, 7) is 1.78. The Morgan fingerprint density at radius 1 is 1.21 bits per heavy atom. The summed E-state index contributed by atoms with van der Waals surface area (Å²) in [4.78, 5) is 21.4. The lowest BCUT2D eigenvalue weighted by atomic mass is 10.0. The number of rotatable bonds is 6. The van der Waals surface area contributed by atoms with Crippen molar-refractivity contribution in [3.8, 4) is 10.6 Å². The first-order valence-corrected chi connectivity index (χ1v) is 10.7. The zero-order chi connectivity index (χ0) is 21.1. The van der Waals surface area contributed by atoms with E-state index in [0.29, 0.717) is 30.5 Å². The third-order valence-electron chi connectivity index (χ3n) is 4.10. The van der Waals surface area contributed by atoms with Crippen molar-refractivity contribution in [1.29, 1.82) is 0 Å². The van der Waals surface area contributed by atoms with Crippen LogP contribution in [0.3, 0.4) is 0 Å². The molecule has 0 spiro atoms. The summed E-state index contributed by atoms with van der Waals surface area (Å²) < 4.78 is 5.56. The average molecular weight is 491 g/mol. The van der Waals surface area contributed by atoms with Crippen LogP contribution >= 0.6 is 57.7 Å². The first kappa shape index (κ1) is 22.3.